The van der Waals surface area contributed by atoms with Crippen molar-refractivity contribution in [3.63, 3.8) is 0 Å². The highest BCUT2D eigenvalue weighted by Crippen LogP contribution is 2.29. The lowest BCUT2D eigenvalue weighted by Gasteiger charge is -2.12. The van der Waals surface area contributed by atoms with Gasteiger partial charge in [-0.3, -0.25) is 0 Å². The van der Waals surface area contributed by atoms with Gasteiger partial charge in [0.25, 0.3) is 0 Å². The second kappa shape index (κ2) is 6.28. The molecule has 0 aliphatic rings. The summed E-state index contributed by atoms with van der Waals surface area (Å²) < 4.78 is 24.3. The lowest BCUT2D eigenvalue weighted by molar-refractivity contribution is 0.284. The monoisotopic (exact) mass is 275 g/mol. The molecule has 106 valence electrons. The van der Waals surface area contributed by atoms with Crippen LogP contribution in [0.4, 0.5) is 10.1 Å². The van der Waals surface area contributed by atoms with Gasteiger partial charge < -0.3 is 15.2 Å². The van der Waals surface area contributed by atoms with Crippen LogP contribution in [0.2, 0.25) is 0 Å². The van der Waals surface area contributed by atoms with Gasteiger partial charge in [0.15, 0.2) is 11.5 Å². The van der Waals surface area contributed by atoms with E-state index in [4.69, 9.17) is 15.2 Å². The molecule has 0 saturated carbocycles. The first kappa shape index (κ1) is 14.2. The molecule has 3 nitrogen and oxygen atoms in total. The van der Waals surface area contributed by atoms with Crippen molar-refractivity contribution in [3.8, 4) is 11.5 Å². The average Bonchev–Trinajstić information content (AvgIpc) is 2.48. The van der Waals surface area contributed by atoms with Crippen LogP contribution in [0.15, 0.2) is 36.4 Å². The topological polar surface area (TPSA) is 44.5 Å². The van der Waals surface area contributed by atoms with Crippen LogP contribution in [-0.2, 0) is 13.0 Å². The van der Waals surface area contributed by atoms with Crippen molar-refractivity contribution >= 4 is 5.69 Å². The molecule has 0 amide bonds. The van der Waals surface area contributed by atoms with E-state index in [-0.39, 0.29) is 12.3 Å². The normalized spacial score (nSPS) is 10.3. The van der Waals surface area contributed by atoms with Crippen LogP contribution in [0.5, 0.6) is 11.5 Å². The van der Waals surface area contributed by atoms with Crippen molar-refractivity contribution in [2.75, 3.05) is 12.8 Å². The van der Waals surface area contributed by atoms with E-state index in [0.717, 1.165) is 12.0 Å². The van der Waals surface area contributed by atoms with E-state index >= 15 is 0 Å². The number of hydrogen-bond donors (Lipinski definition) is 1. The lowest BCUT2D eigenvalue weighted by atomic mass is 10.1. The number of anilines is 1. The zero-order valence-electron chi connectivity index (χ0n) is 11.7. The number of benzene rings is 2. The van der Waals surface area contributed by atoms with Crippen molar-refractivity contribution in [3.05, 3.63) is 53.3 Å². The Morgan fingerprint density at radius 1 is 1.05 bits per heavy atom. The predicted molar refractivity (Wildman–Crippen MR) is 77.5 cm³/mol. The molecule has 2 aromatic carbocycles. The van der Waals surface area contributed by atoms with Crippen LogP contribution in [0.3, 0.4) is 0 Å². The van der Waals surface area contributed by atoms with Gasteiger partial charge in [-0.15, -0.1) is 0 Å². The van der Waals surface area contributed by atoms with E-state index in [1.165, 1.54) is 17.7 Å². The third-order valence-electron chi connectivity index (χ3n) is 3.10. The largest absolute Gasteiger partial charge is 0.493 e. The Morgan fingerprint density at radius 3 is 2.45 bits per heavy atom. The summed E-state index contributed by atoms with van der Waals surface area (Å²) in [7, 11) is 1.60. The van der Waals surface area contributed by atoms with Crippen molar-refractivity contribution in [2.24, 2.45) is 0 Å². The highest BCUT2D eigenvalue weighted by molar-refractivity contribution is 5.44. The summed E-state index contributed by atoms with van der Waals surface area (Å²) >= 11 is 0. The minimum absolute atomic E-state index is 0.138. The van der Waals surface area contributed by atoms with Gasteiger partial charge in [-0.05, 0) is 41.8 Å². The molecule has 0 bridgehead atoms. The lowest BCUT2D eigenvalue weighted by Crippen LogP contribution is -2.00. The Labute approximate surface area is 118 Å². The first-order valence-electron chi connectivity index (χ1n) is 6.47. The first-order valence-corrected chi connectivity index (χ1v) is 6.47. The minimum Gasteiger partial charge on any atom is -0.493 e. The smallest absolute Gasteiger partial charge is 0.161 e. The molecule has 2 N–H and O–H groups in total. The van der Waals surface area contributed by atoms with E-state index in [1.807, 2.05) is 18.2 Å². The molecule has 4 heteroatoms. The molecule has 0 unspecified atom stereocenters. The molecule has 0 aromatic heterocycles. The summed E-state index contributed by atoms with van der Waals surface area (Å²) in [5.74, 6) is 0.890. The maximum atomic E-state index is 13.3. The molecule has 0 fully saturated rings. The minimum atomic E-state index is -0.431. The standard InChI is InChI=1S/C16H18FNO2/c1-3-11-5-7-15(16(9-11)19-2)20-10-12-4-6-14(18)13(17)8-12/h4-9H,3,10,18H2,1-2H3. The molecule has 0 atom stereocenters. The molecule has 2 aromatic rings. The van der Waals surface area contributed by atoms with E-state index in [9.17, 15) is 4.39 Å². The maximum Gasteiger partial charge on any atom is 0.161 e. The van der Waals surface area contributed by atoms with Gasteiger partial charge in [0.1, 0.15) is 12.4 Å². The van der Waals surface area contributed by atoms with E-state index < -0.39 is 5.82 Å². The number of nitrogens with two attached hydrogens (primary N) is 1. The van der Waals surface area contributed by atoms with Crippen molar-refractivity contribution < 1.29 is 13.9 Å². The quantitative estimate of drug-likeness (QED) is 0.849. The third kappa shape index (κ3) is 3.20. The number of methoxy groups -OCH3 is 1. The SMILES string of the molecule is CCc1ccc(OCc2ccc(N)c(F)c2)c(OC)c1. The fourth-order valence-electron chi connectivity index (χ4n) is 1.87. The van der Waals surface area contributed by atoms with Crippen LogP contribution < -0.4 is 15.2 Å². The van der Waals surface area contributed by atoms with Crippen molar-refractivity contribution in [1.82, 2.24) is 0 Å². The van der Waals surface area contributed by atoms with Gasteiger partial charge in [-0.1, -0.05) is 19.1 Å². The van der Waals surface area contributed by atoms with E-state index in [2.05, 4.69) is 6.92 Å². The predicted octanol–water partition coefficient (Wildman–Crippen LogP) is 3.56. The Hall–Kier alpha value is -2.23. The number of hydrogen-bond acceptors (Lipinski definition) is 3. The van der Waals surface area contributed by atoms with Gasteiger partial charge in [0.05, 0.1) is 12.8 Å². The third-order valence-corrected chi connectivity index (χ3v) is 3.10. The van der Waals surface area contributed by atoms with Gasteiger partial charge >= 0.3 is 0 Å². The molecule has 0 heterocycles. The molecule has 0 aliphatic heterocycles. The molecule has 2 rings (SSSR count). The summed E-state index contributed by atoms with van der Waals surface area (Å²) in [6.45, 7) is 2.34. The van der Waals surface area contributed by atoms with Crippen LogP contribution in [0.1, 0.15) is 18.1 Å². The zero-order chi connectivity index (χ0) is 14.5. The Bertz CT molecular complexity index is 599. The van der Waals surface area contributed by atoms with Gasteiger partial charge in [-0.25, -0.2) is 4.39 Å². The fourth-order valence-corrected chi connectivity index (χ4v) is 1.87. The highest BCUT2D eigenvalue weighted by Gasteiger charge is 2.06. The molecule has 0 spiro atoms. The average molecular weight is 275 g/mol. The fraction of sp³-hybridized carbons (Fsp3) is 0.250. The van der Waals surface area contributed by atoms with Crippen molar-refractivity contribution in [1.29, 1.82) is 0 Å². The van der Waals surface area contributed by atoms with Gasteiger partial charge in [-0.2, -0.15) is 0 Å². The molecule has 20 heavy (non-hydrogen) atoms. The second-order valence-corrected chi connectivity index (χ2v) is 4.48. The Kier molecular flexibility index (Phi) is 4.45. The number of ether oxygens (including phenoxy) is 2. The van der Waals surface area contributed by atoms with Gasteiger partial charge in [0.2, 0.25) is 0 Å². The second-order valence-electron chi connectivity index (χ2n) is 4.48. The zero-order valence-corrected chi connectivity index (χ0v) is 11.7. The van der Waals surface area contributed by atoms with Crippen LogP contribution in [0, 0.1) is 5.82 Å². The first-order chi connectivity index (χ1) is 9.63. The van der Waals surface area contributed by atoms with Crippen molar-refractivity contribution in [2.45, 2.75) is 20.0 Å². The summed E-state index contributed by atoms with van der Waals surface area (Å²) in [5.41, 5.74) is 7.47. The molecular weight excluding hydrogens is 257 g/mol. The molecule has 0 aliphatic carbocycles. The summed E-state index contributed by atoms with van der Waals surface area (Å²) in [4.78, 5) is 0. The molecular formula is C16H18FNO2. The van der Waals surface area contributed by atoms with Crippen LogP contribution in [0.25, 0.3) is 0 Å². The highest BCUT2D eigenvalue weighted by atomic mass is 19.1. The summed E-state index contributed by atoms with van der Waals surface area (Å²) in [6, 6.07) is 10.4. The van der Waals surface area contributed by atoms with Gasteiger partial charge in [0, 0.05) is 0 Å². The summed E-state index contributed by atoms with van der Waals surface area (Å²) in [6.07, 6.45) is 0.930. The number of halogens is 1. The Balaban J connectivity index is 2.12. The van der Waals surface area contributed by atoms with E-state index in [0.29, 0.717) is 11.5 Å². The molecule has 0 saturated heterocycles. The van der Waals surface area contributed by atoms with Crippen LogP contribution >= 0.6 is 0 Å². The Morgan fingerprint density at radius 2 is 1.80 bits per heavy atom. The van der Waals surface area contributed by atoms with E-state index in [1.54, 1.807) is 13.2 Å². The number of nitrogen functional groups attached to an aromatic ring is 1. The van der Waals surface area contributed by atoms with Crippen LogP contribution in [-0.4, -0.2) is 7.11 Å². The maximum absolute atomic E-state index is 13.3. The molecule has 0 radical (unpaired) electrons. The number of aryl methyl sites for hydroxylation is 1. The number of rotatable bonds is 5. The summed E-state index contributed by atoms with van der Waals surface area (Å²) in [5, 5.41) is 0.